The third-order valence-electron chi connectivity index (χ3n) is 4.32. The third kappa shape index (κ3) is 4.82. The van der Waals surface area contributed by atoms with Gasteiger partial charge in [0.15, 0.2) is 5.76 Å². The first kappa shape index (κ1) is 18.8. The number of hydrogen-bond acceptors (Lipinski definition) is 7. The van der Waals surface area contributed by atoms with E-state index in [0.717, 1.165) is 6.42 Å². The molecule has 2 aromatic rings. The second kappa shape index (κ2) is 9.13. The quantitative estimate of drug-likeness (QED) is 0.716. The predicted molar refractivity (Wildman–Crippen MR) is 97.7 cm³/mol. The number of aromatic nitrogens is 2. The number of furan rings is 1. The normalized spacial score (nSPS) is 14.3. The molecular formula is C18H23N5O4. The number of nitrogens with one attached hydrogen (secondary N) is 1. The van der Waals surface area contributed by atoms with Crippen molar-refractivity contribution in [3.05, 3.63) is 42.2 Å². The van der Waals surface area contributed by atoms with E-state index < -0.39 is 0 Å². The zero-order valence-electron chi connectivity index (χ0n) is 15.3. The Balaban J connectivity index is 1.55. The molecule has 0 aromatic carbocycles. The van der Waals surface area contributed by atoms with E-state index in [-0.39, 0.29) is 11.8 Å². The van der Waals surface area contributed by atoms with Crippen molar-refractivity contribution in [3.63, 3.8) is 0 Å². The maximum atomic E-state index is 12.3. The van der Waals surface area contributed by atoms with Crippen molar-refractivity contribution >= 4 is 17.6 Å². The standard InChI is InChI=1S/C18H23N5O4/c1-26-10-3-5-19-17(24)14-12-16(21-13-20-14)22-6-8-23(9-7-22)18(25)15-4-2-11-27-15/h2,4,11-13H,3,5-10H2,1H3,(H,19,24). The number of anilines is 1. The van der Waals surface area contributed by atoms with Gasteiger partial charge >= 0.3 is 0 Å². The molecule has 1 saturated heterocycles. The Morgan fingerprint density at radius 2 is 2.07 bits per heavy atom. The first-order chi connectivity index (χ1) is 13.2. The van der Waals surface area contributed by atoms with Crippen molar-refractivity contribution in [2.45, 2.75) is 6.42 Å². The summed E-state index contributed by atoms with van der Waals surface area (Å²) in [4.78, 5) is 36.6. The first-order valence-electron chi connectivity index (χ1n) is 8.86. The molecule has 0 aliphatic carbocycles. The molecule has 0 bridgehead atoms. The SMILES string of the molecule is COCCCNC(=O)c1cc(N2CCN(C(=O)c3ccco3)CC2)ncn1. The van der Waals surface area contributed by atoms with Crippen molar-refractivity contribution in [3.8, 4) is 0 Å². The van der Waals surface area contributed by atoms with Crippen LogP contribution in [0.25, 0.3) is 0 Å². The molecule has 9 heteroatoms. The van der Waals surface area contributed by atoms with Crippen LogP contribution in [-0.4, -0.2) is 73.1 Å². The molecule has 0 radical (unpaired) electrons. The Morgan fingerprint density at radius 1 is 1.26 bits per heavy atom. The Morgan fingerprint density at radius 3 is 2.78 bits per heavy atom. The van der Waals surface area contributed by atoms with Crippen molar-refractivity contribution in [1.29, 1.82) is 0 Å². The third-order valence-corrected chi connectivity index (χ3v) is 4.32. The highest BCUT2D eigenvalue weighted by Gasteiger charge is 2.24. The maximum Gasteiger partial charge on any atom is 0.289 e. The molecule has 9 nitrogen and oxygen atoms in total. The average molecular weight is 373 g/mol. The molecule has 144 valence electrons. The lowest BCUT2D eigenvalue weighted by Crippen LogP contribution is -2.49. The van der Waals surface area contributed by atoms with Crippen LogP contribution in [0.2, 0.25) is 0 Å². The van der Waals surface area contributed by atoms with Crippen LogP contribution in [0.5, 0.6) is 0 Å². The van der Waals surface area contributed by atoms with E-state index in [1.807, 2.05) is 4.90 Å². The molecule has 0 unspecified atom stereocenters. The zero-order chi connectivity index (χ0) is 19.1. The first-order valence-corrected chi connectivity index (χ1v) is 8.86. The largest absolute Gasteiger partial charge is 0.459 e. The van der Waals surface area contributed by atoms with E-state index >= 15 is 0 Å². The Hall–Kier alpha value is -2.94. The smallest absolute Gasteiger partial charge is 0.289 e. The summed E-state index contributed by atoms with van der Waals surface area (Å²) >= 11 is 0. The van der Waals surface area contributed by atoms with Crippen molar-refractivity contribution in [1.82, 2.24) is 20.2 Å². The topological polar surface area (TPSA) is 101 Å². The number of piperazine rings is 1. The fourth-order valence-corrected chi connectivity index (χ4v) is 2.85. The van der Waals surface area contributed by atoms with E-state index in [1.54, 1.807) is 30.2 Å². The van der Waals surface area contributed by atoms with E-state index in [0.29, 0.717) is 56.6 Å². The minimum Gasteiger partial charge on any atom is -0.459 e. The van der Waals surface area contributed by atoms with E-state index in [1.165, 1.54) is 12.6 Å². The minimum atomic E-state index is -0.235. The monoisotopic (exact) mass is 373 g/mol. The molecule has 0 atom stereocenters. The van der Waals surface area contributed by atoms with Crippen LogP contribution < -0.4 is 10.2 Å². The van der Waals surface area contributed by atoms with Gasteiger partial charge in [-0.25, -0.2) is 9.97 Å². The van der Waals surface area contributed by atoms with Crippen LogP contribution in [0.15, 0.2) is 35.2 Å². The number of carbonyl (C=O) groups is 2. The maximum absolute atomic E-state index is 12.3. The highest BCUT2D eigenvalue weighted by molar-refractivity contribution is 5.93. The molecule has 2 aromatic heterocycles. The average Bonchev–Trinajstić information content (AvgIpc) is 3.25. The number of rotatable bonds is 7. The minimum absolute atomic E-state index is 0.113. The summed E-state index contributed by atoms with van der Waals surface area (Å²) in [6.07, 6.45) is 3.62. The molecule has 27 heavy (non-hydrogen) atoms. The van der Waals surface area contributed by atoms with Crippen LogP contribution in [0.3, 0.4) is 0 Å². The summed E-state index contributed by atoms with van der Waals surface area (Å²) in [6, 6.07) is 5.04. The predicted octanol–water partition coefficient (Wildman–Crippen LogP) is 0.798. The van der Waals surface area contributed by atoms with Gasteiger partial charge in [0.25, 0.3) is 11.8 Å². The fraction of sp³-hybridized carbons (Fsp3) is 0.444. The summed E-state index contributed by atoms with van der Waals surface area (Å²) in [6.45, 7) is 3.48. The molecule has 0 spiro atoms. The molecule has 1 aliphatic heterocycles. The summed E-state index contributed by atoms with van der Waals surface area (Å²) in [5.74, 6) is 0.676. The van der Waals surface area contributed by atoms with Crippen molar-refractivity contribution in [2.75, 3.05) is 51.3 Å². The number of ether oxygens (including phenoxy) is 1. The lowest BCUT2D eigenvalue weighted by Gasteiger charge is -2.35. The lowest BCUT2D eigenvalue weighted by molar-refractivity contribution is 0.0714. The molecular weight excluding hydrogens is 350 g/mol. The van der Waals surface area contributed by atoms with Crippen molar-refractivity contribution in [2.24, 2.45) is 0 Å². The van der Waals surface area contributed by atoms with E-state index in [9.17, 15) is 9.59 Å². The molecule has 2 amide bonds. The summed E-state index contributed by atoms with van der Waals surface area (Å²) in [5, 5.41) is 2.81. The van der Waals surface area contributed by atoms with Crippen LogP contribution in [0, 0.1) is 0 Å². The van der Waals surface area contributed by atoms with Gasteiger partial charge in [-0.3, -0.25) is 9.59 Å². The zero-order valence-corrected chi connectivity index (χ0v) is 15.3. The number of hydrogen-bond donors (Lipinski definition) is 1. The van der Waals surface area contributed by atoms with Crippen molar-refractivity contribution < 1.29 is 18.7 Å². The van der Waals surface area contributed by atoms with Crippen LogP contribution in [0.4, 0.5) is 5.82 Å². The number of carbonyl (C=O) groups excluding carboxylic acids is 2. The van der Waals surface area contributed by atoms with Gasteiger partial charge in [0, 0.05) is 52.5 Å². The van der Waals surface area contributed by atoms with E-state index in [2.05, 4.69) is 15.3 Å². The van der Waals surface area contributed by atoms with Gasteiger partial charge in [-0.1, -0.05) is 0 Å². The van der Waals surface area contributed by atoms with Crippen LogP contribution in [0.1, 0.15) is 27.5 Å². The van der Waals surface area contributed by atoms with Gasteiger partial charge in [-0.05, 0) is 18.6 Å². The Bertz CT molecular complexity index is 757. The highest BCUT2D eigenvalue weighted by Crippen LogP contribution is 2.15. The second-order valence-electron chi connectivity index (χ2n) is 6.12. The van der Waals surface area contributed by atoms with Gasteiger partial charge in [-0.15, -0.1) is 0 Å². The van der Waals surface area contributed by atoms with Crippen LogP contribution in [-0.2, 0) is 4.74 Å². The lowest BCUT2D eigenvalue weighted by atomic mass is 10.2. The molecule has 0 saturated carbocycles. The summed E-state index contributed by atoms with van der Waals surface area (Å²) < 4.78 is 10.1. The van der Waals surface area contributed by atoms with E-state index in [4.69, 9.17) is 9.15 Å². The molecule has 3 rings (SSSR count). The summed E-state index contributed by atoms with van der Waals surface area (Å²) in [7, 11) is 1.63. The van der Waals surface area contributed by atoms with Gasteiger partial charge in [0.2, 0.25) is 0 Å². The Labute approximate surface area is 157 Å². The number of methoxy groups -OCH3 is 1. The van der Waals surface area contributed by atoms with Gasteiger partial charge in [0.05, 0.1) is 6.26 Å². The molecule has 1 fully saturated rings. The molecule has 3 heterocycles. The fourth-order valence-electron chi connectivity index (χ4n) is 2.85. The van der Waals surface area contributed by atoms with Gasteiger partial charge < -0.3 is 24.3 Å². The number of nitrogens with zero attached hydrogens (tertiary/aromatic N) is 4. The molecule has 1 N–H and O–H groups in total. The summed E-state index contributed by atoms with van der Waals surface area (Å²) in [5.41, 5.74) is 0.325. The second-order valence-corrected chi connectivity index (χ2v) is 6.12. The molecule has 1 aliphatic rings. The Kier molecular flexibility index (Phi) is 6.37. The van der Waals surface area contributed by atoms with Gasteiger partial charge in [-0.2, -0.15) is 0 Å². The van der Waals surface area contributed by atoms with Crippen LogP contribution >= 0.6 is 0 Å². The highest BCUT2D eigenvalue weighted by atomic mass is 16.5. The number of amides is 2. The van der Waals surface area contributed by atoms with Gasteiger partial charge in [0.1, 0.15) is 17.8 Å².